The van der Waals surface area contributed by atoms with Crippen molar-refractivity contribution in [2.24, 2.45) is 0 Å². The van der Waals surface area contributed by atoms with Crippen LogP contribution in [0.15, 0.2) is 12.1 Å². The van der Waals surface area contributed by atoms with Crippen LogP contribution in [0, 0.1) is 20.8 Å². The molecule has 0 bridgehead atoms. The predicted molar refractivity (Wildman–Crippen MR) is 90.4 cm³/mol. The van der Waals surface area contributed by atoms with Gasteiger partial charge in [-0.1, -0.05) is 37.0 Å². The van der Waals surface area contributed by atoms with Gasteiger partial charge in [-0.3, -0.25) is 0 Å². The van der Waals surface area contributed by atoms with Gasteiger partial charge in [0.2, 0.25) is 0 Å². The highest BCUT2D eigenvalue weighted by atomic mass is 16.5. The summed E-state index contributed by atoms with van der Waals surface area (Å²) in [5.74, 6) is -0.201. The molecule has 3 nitrogen and oxygen atoms in total. The van der Waals surface area contributed by atoms with E-state index in [1.165, 1.54) is 37.7 Å². The first kappa shape index (κ1) is 17.0. The van der Waals surface area contributed by atoms with Gasteiger partial charge in [-0.25, -0.2) is 4.79 Å². The minimum atomic E-state index is -0.201. The van der Waals surface area contributed by atoms with Crippen LogP contribution in [0.3, 0.4) is 0 Å². The topological polar surface area (TPSA) is 38.3 Å². The Balaban J connectivity index is 1.88. The van der Waals surface area contributed by atoms with Crippen molar-refractivity contribution in [2.45, 2.75) is 71.9 Å². The van der Waals surface area contributed by atoms with E-state index in [1.807, 2.05) is 39.8 Å². The number of esters is 1. The highest BCUT2D eigenvalue weighted by Gasteiger charge is 2.18. The van der Waals surface area contributed by atoms with Crippen LogP contribution < -0.4 is 5.32 Å². The van der Waals surface area contributed by atoms with Crippen LogP contribution in [0.25, 0.3) is 0 Å². The summed E-state index contributed by atoms with van der Waals surface area (Å²) in [5.41, 5.74) is 3.89. The van der Waals surface area contributed by atoms with Crippen molar-refractivity contribution in [2.75, 3.05) is 6.54 Å². The van der Waals surface area contributed by atoms with Crippen molar-refractivity contribution < 1.29 is 9.53 Å². The minimum Gasteiger partial charge on any atom is -0.458 e. The Morgan fingerprint density at radius 3 is 2.36 bits per heavy atom. The molecule has 1 aliphatic carbocycles. The van der Waals surface area contributed by atoms with Crippen molar-refractivity contribution in [3.63, 3.8) is 0 Å². The van der Waals surface area contributed by atoms with E-state index in [4.69, 9.17) is 4.74 Å². The molecular weight excluding hydrogens is 274 g/mol. The lowest BCUT2D eigenvalue weighted by molar-refractivity contribution is 0.0332. The lowest BCUT2D eigenvalue weighted by Gasteiger charge is -2.24. The molecule has 0 unspecified atom stereocenters. The number of rotatable bonds is 5. The van der Waals surface area contributed by atoms with Gasteiger partial charge in [-0.2, -0.15) is 0 Å². The molecule has 1 atom stereocenters. The number of hydrogen-bond donors (Lipinski definition) is 1. The molecule has 1 aromatic rings. The standard InChI is InChI=1S/C19H29NO2/c1-13-10-14(2)18(15(3)11-13)19(21)22-16(4)12-20-17-8-6-5-7-9-17/h10-11,16-17,20H,5-9,12H2,1-4H3/t16-/m0/s1. The average Bonchev–Trinajstić information content (AvgIpc) is 2.45. The Kier molecular flexibility index (Phi) is 6.01. The predicted octanol–water partition coefficient (Wildman–Crippen LogP) is 4.08. The zero-order valence-corrected chi connectivity index (χ0v) is 14.4. The Morgan fingerprint density at radius 2 is 1.77 bits per heavy atom. The Hall–Kier alpha value is -1.35. The number of ether oxygens (including phenoxy) is 1. The summed E-state index contributed by atoms with van der Waals surface area (Å²) in [4.78, 5) is 12.4. The van der Waals surface area contributed by atoms with E-state index in [-0.39, 0.29) is 12.1 Å². The zero-order valence-electron chi connectivity index (χ0n) is 14.4. The number of benzene rings is 1. The number of nitrogens with one attached hydrogen (secondary N) is 1. The van der Waals surface area contributed by atoms with Crippen molar-refractivity contribution >= 4 is 5.97 Å². The summed E-state index contributed by atoms with van der Waals surface area (Å²) in [5, 5.41) is 3.54. The van der Waals surface area contributed by atoms with Crippen molar-refractivity contribution in [1.29, 1.82) is 0 Å². The van der Waals surface area contributed by atoms with Crippen LogP contribution in [0.4, 0.5) is 0 Å². The molecule has 2 rings (SSSR count). The van der Waals surface area contributed by atoms with Crippen molar-refractivity contribution in [3.8, 4) is 0 Å². The van der Waals surface area contributed by atoms with E-state index in [0.717, 1.165) is 23.2 Å². The molecule has 0 aromatic heterocycles. The maximum absolute atomic E-state index is 12.4. The van der Waals surface area contributed by atoms with Gasteiger partial charge in [0.15, 0.2) is 0 Å². The van der Waals surface area contributed by atoms with E-state index in [9.17, 15) is 4.79 Å². The molecule has 0 amide bonds. The van der Waals surface area contributed by atoms with Gasteiger partial charge in [0.1, 0.15) is 6.10 Å². The zero-order chi connectivity index (χ0) is 16.1. The maximum atomic E-state index is 12.4. The minimum absolute atomic E-state index is 0.102. The van der Waals surface area contributed by atoms with Gasteiger partial charge >= 0.3 is 5.97 Å². The molecule has 0 radical (unpaired) electrons. The molecule has 1 N–H and O–H groups in total. The summed E-state index contributed by atoms with van der Waals surface area (Å²) >= 11 is 0. The maximum Gasteiger partial charge on any atom is 0.338 e. The van der Waals surface area contributed by atoms with E-state index in [2.05, 4.69) is 5.32 Å². The molecule has 0 saturated heterocycles. The molecular formula is C19H29NO2. The highest BCUT2D eigenvalue weighted by Crippen LogP contribution is 2.19. The molecule has 0 spiro atoms. The first-order chi connectivity index (χ1) is 10.5. The molecule has 1 aromatic carbocycles. The van der Waals surface area contributed by atoms with Gasteiger partial charge in [0.25, 0.3) is 0 Å². The van der Waals surface area contributed by atoms with Crippen LogP contribution in [-0.2, 0) is 4.74 Å². The number of carbonyl (C=O) groups excluding carboxylic acids is 1. The summed E-state index contributed by atoms with van der Waals surface area (Å²) in [6, 6.07) is 4.67. The lowest BCUT2D eigenvalue weighted by Crippen LogP contribution is -2.37. The quantitative estimate of drug-likeness (QED) is 0.833. The number of hydrogen-bond acceptors (Lipinski definition) is 3. The smallest absolute Gasteiger partial charge is 0.338 e. The molecule has 3 heteroatoms. The molecule has 0 heterocycles. The second-order valence-electron chi connectivity index (χ2n) is 6.73. The van der Waals surface area contributed by atoms with E-state index in [1.54, 1.807) is 0 Å². The molecule has 122 valence electrons. The van der Waals surface area contributed by atoms with Crippen LogP contribution >= 0.6 is 0 Å². The fourth-order valence-electron chi connectivity index (χ4n) is 3.42. The Morgan fingerprint density at radius 1 is 1.18 bits per heavy atom. The fraction of sp³-hybridized carbons (Fsp3) is 0.632. The first-order valence-corrected chi connectivity index (χ1v) is 8.49. The Labute approximate surface area is 134 Å². The molecule has 0 aliphatic heterocycles. The normalized spacial score (nSPS) is 17.3. The first-order valence-electron chi connectivity index (χ1n) is 8.49. The second kappa shape index (κ2) is 7.77. The second-order valence-corrected chi connectivity index (χ2v) is 6.73. The lowest BCUT2D eigenvalue weighted by atomic mass is 9.95. The number of carbonyl (C=O) groups is 1. The fourth-order valence-corrected chi connectivity index (χ4v) is 3.42. The molecule has 22 heavy (non-hydrogen) atoms. The van der Waals surface area contributed by atoms with Gasteiger partial charge in [0, 0.05) is 12.6 Å². The summed E-state index contributed by atoms with van der Waals surface area (Å²) in [6.45, 7) is 8.70. The van der Waals surface area contributed by atoms with Crippen LogP contribution in [0.1, 0.15) is 66.1 Å². The van der Waals surface area contributed by atoms with E-state index < -0.39 is 0 Å². The van der Waals surface area contributed by atoms with E-state index >= 15 is 0 Å². The van der Waals surface area contributed by atoms with Gasteiger partial charge < -0.3 is 10.1 Å². The third-order valence-electron chi connectivity index (χ3n) is 4.49. The summed E-state index contributed by atoms with van der Waals surface area (Å²) in [6.07, 6.45) is 6.37. The van der Waals surface area contributed by atoms with Gasteiger partial charge in [-0.15, -0.1) is 0 Å². The third kappa shape index (κ3) is 4.57. The molecule has 1 aliphatic rings. The van der Waals surface area contributed by atoms with Crippen LogP contribution in [0.5, 0.6) is 0 Å². The largest absolute Gasteiger partial charge is 0.458 e. The average molecular weight is 303 g/mol. The molecule has 1 fully saturated rings. The van der Waals surface area contributed by atoms with Gasteiger partial charge in [-0.05, 0) is 51.7 Å². The van der Waals surface area contributed by atoms with Crippen LogP contribution in [0.2, 0.25) is 0 Å². The summed E-state index contributed by atoms with van der Waals surface area (Å²) in [7, 11) is 0. The van der Waals surface area contributed by atoms with E-state index in [0.29, 0.717) is 6.04 Å². The SMILES string of the molecule is Cc1cc(C)c(C(=O)O[C@@H](C)CNC2CCCCC2)c(C)c1. The van der Waals surface area contributed by atoms with Crippen molar-refractivity contribution in [1.82, 2.24) is 5.32 Å². The third-order valence-corrected chi connectivity index (χ3v) is 4.49. The molecule has 1 saturated carbocycles. The monoisotopic (exact) mass is 303 g/mol. The van der Waals surface area contributed by atoms with Crippen LogP contribution in [-0.4, -0.2) is 24.7 Å². The Bertz CT molecular complexity index is 495. The van der Waals surface area contributed by atoms with Gasteiger partial charge in [0.05, 0.1) is 5.56 Å². The number of aryl methyl sites for hydroxylation is 3. The summed E-state index contributed by atoms with van der Waals surface area (Å²) < 4.78 is 5.63. The van der Waals surface area contributed by atoms with Crippen molar-refractivity contribution in [3.05, 3.63) is 34.4 Å². The highest BCUT2D eigenvalue weighted by molar-refractivity contribution is 5.92.